The molecular weight excluding hydrogens is 172 g/mol. The van der Waals surface area contributed by atoms with E-state index in [1.807, 2.05) is 0 Å². The molecule has 2 aliphatic rings. The van der Waals surface area contributed by atoms with Gasteiger partial charge in [-0.05, 0) is 43.4 Å². The van der Waals surface area contributed by atoms with E-state index < -0.39 is 0 Å². The van der Waals surface area contributed by atoms with Gasteiger partial charge in [-0.15, -0.1) is 0 Å². The van der Waals surface area contributed by atoms with Gasteiger partial charge >= 0.3 is 0 Å². The molecule has 1 heteroatoms. The zero-order chi connectivity index (χ0) is 10.0. The first-order valence-electron chi connectivity index (χ1n) is 6.46. The maximum atomic E-state index is 10.4. The summed E-state index contributed by atoms with van der Waals surface area (Å²) in [5, 5.41) is 10.4. The second kappa shape index (κ2) is 4.22. The molecule has 0 spiro atoms. The summed E-state index contributed by atoms with van der Waals surface area (Å²) in [6.45, 7) is 2.24. The van der Waals surface area contributed by atoms with Crippen LogP contribution in [0, 0.1) is 11.3 Å². The molecule has 2 rings (SSSR count). The Balaban J connectivity index is 1.92. The standard InChI is InChI=1S/C13H24O/c1-2-13(9-10-13)12(14)11-7-5-3-4-6-8-11/h11-12,14H,2-10H2,1H3. The van der Waals surface area contributed by atoms with E-state index in [9.17, 15) is 5.11 Å². The Kier molecular flexibility index (Phi) is 3.16. The minimum Gasteiger partial charge on any atom is -0.392 e. The molecule has 2 fully saturated rings. The van der Waals surface area contributed by atoms with Crippen molar-refractivity contribution >= 4 is 0 Å². The van der Waals surface area contributed by atoms with E-state index in [2.05, 4.69) is 6.92 Å². The molecule has 0 aromatic heterocycles. The van der Waals surface area contributed by atoms with Crippen molar-refractivity contribution in [1.29, 1.82) is 0 Å². The predicted molar refractivity (Wildman–Crippen MR) is 59.2 cm³/mol. The van der Waals surface area contributed by atoms with E-state index in [4.69, 9.17) is 0 Å². The summed E-state index contributed by atoms with van der Waals surface area (Å²) in [7, 11) is 0. The van der Waals surface area contributed by atoms with Crippen molar-refractivity contribution in [3.05, 3.63) is 0 Å². The molecule has 0 heterocycles. The molecule has 1 N–H and O–H groups in total. The summed E-state index contributed by atoms with van der Waals surface area (Å²) in [5.41, 5.74) is 0.356. The summed E-state index contributed by atoms with van der Waals surface area (Å²) in [5.74, 6) is 0.625. The fraction of sp³-hybridized carbons (Fsp3) is 1.00. The van der Waals surface area contributed by atoms with Crippen molar-refractivity contribution < 1.29 is 5.11 Å². The average molecular weight is 196 g/mol. The molecular formula is C13H24O. The third-order valence-corrected chi connectivity index (χ3v) is 4.57. The zero-order valence-corrected chi connectivity index (χ0v) is 9.47. The lowest BCUT2D eigenvalue weighted by atomic mass is 9.82. The Morgan fingerprint density at radius 3 is 2.14 bits per heavy atom. The SMILES string of the molecule is CCC1(C(O)C2CCCCCC2)CC1. The Hall–Kier alpha value is -0.0400. The van der Waals surface area contributed by atoms with Crippen LogP contribution in [0.5, 0.6) is 0 Å². The second-order valence-corrected chi connectivity index (χ2v) is 5.41. The summed E-state index contributed by atoms with van der Waals surface area (Å²) in [6, 6.07) is 0. The highest BCUT2D eigenvalue weighted by atomic mass is 16.3. The maximum Gasteiger partial charge on any atom is 0.0624 e. The Bertz CT molecular complexity index is 176. The largest absolute Gasteiger partial charge is 0.392 e. The highest BCUT2D eigenvalue weighted by molar-refractivity contribution is 5.00. The average Bonchev–Trinajstić information content (AvgIpc) is 3.03. The van der Waals surface area contributed by atoms with Crippen molar-refractivity contribution in [2.24, 2.45) is 11.3 Å². The first-order valence-corrected chi connectivity index (χ1v) is 6.46. The van der Waals surface area contributed by atoms with Crippen LogP contribution in [0.15, 0.2) is 0 Å². The Morgan fingerprint density at radius 2 is 1.71 bits per heavy atom. The number of aliphatic hydroxyl groups excluding tert-OH is 1. The van der Waals surface area contributed by atoms with E-state index in [0.29, 0.717) is 11.3 Å². The molecule has 0 amide bonds. The van der Waals surface area contributed by atoms with Gasteiger partial charge in [0, 0.05) is 0 Å². The lowest BCUT2D eigenvalue weighted by Gasteiger charge is -2.28. The van der Waals surface area contributed by atoms with E-state index in [0.717, 1.165) is 0 Å². The first kappa shape index (κ1) is 10.5. The highest BCUT2D eigenvalue weighted by Crippen LogP contribution is 2.54. The van der Waals surface area contributed by atoms with Crippen LogP contribution in [0.4, 0.5) is 0 Å². The van der Waals surface area contributed by atoms with Gasteiger partial charge in [0.25, 0.3) is 0 Å². The van der Waals surface area contributed by atoms with E-state index in [1.54, 1.807) is 0 Å². The first-order chi connectivity index (χ1) is 6.78. The van der Waals surface area contributed by atoms with Gasteiger partial charge in [0.1, 0.15) is 0 Å². The van der Waals surface area contributed by atoms with E-state index in [-0.39, 0.29) is 6.10 Å². The summed E-state index contributed by atoms with van der Waals surface area (Å²) >= 11 is 0. The predicted octanol–water partition coefficient (Wildman–Crippen LogP) is 3.51. The van der Waals surface area contributed by atoms with Crippen LogP contribution in [0.2, 0.25) is 0 Å². The Labute approximate surface area is 87.9 Å². The third kappa shape index (κ3) is 1.98. The number of rotatable bonds is 3. The molecule has 1 nitrogen and oxygen atoms in total. The second-order valence-electron chi connectivity index (χ2n) is 5.41. The fourth-order valence-corrected chi connectivity index (χ4v) is 3.15. The molecule has 0 radical (unpaired) electrons. The van der Waals surface area contributed by atoms with Crippen molar-refractivity contribution in [1.82, 2.24) is 0 Å². The van der Waals surface area contributed by atoms with Crippen molar-refractivity contribution in [2.45, 2.75) is 70.8 Å². The van der Waals surface area contributed by atoms with Crippen LogP contribution in [-0.2, 0) is 0 Å². The van der Waals surface area contributed by atoms with Crippen LogP contribution in [0.1, 0.15) is 64.7 Å². The number of hydrogen-bond donors (Lipinski definition) is 1. The van der Waals surface area contributed by atoms with Crippen LogP contribution in [0.25, 0.3) is 0 Å². The maximum absolute atomic E-state index is 10.4. The van der Waals surface area contributed by atoms with Crippen LogP contribution >= 0.6 is 0 Å². The number of aliphatic hydroxyl groups is 1. The Morgan fingerprint density at radius 1 is 1.14 bits per heavy atom. The lowest BCUT2D eigenvalue weighted by Crippen LogP contribution is -2.30. The van der Waals surface area contributed by atoms with Gasteiger partial charge in [0.15, 0.2) is 0 Å². The minimum absolute atomic E-state index is 0.0191. The molecule has 2 saturated carbocycles. The van der Waals surface area contributed by atoms with Crippen LogP contribution in [0.3, 0.4) is 0 Å². The van der Waals surface area contributed by atoms with Gasteiger partial charge in [-0.2, -0.15) is 0 Å². The van der Waals surface area contributed by atoms with Gasteiger partial charge in [0.05, 0.1) is 6.10 Å². The molecule has 82 valence electrons. The third-order valence-electron chi connectivity index (χ3n) is 4.57. The van der Waals surface area contributed by atoms with Gasteiger partial charge < -0.3 is 5.11 Å². The summed E-state index contributed by atoms with van der Waals surface area (Å²) < 4.78 is 0. The smallest absolute Gasteiger partial charge is 0.0624 e. The van der Waals surface area contributed by atoms with Crippen molar-refractivity contribution in [2.75, 3.05) is 0 Å². The van der Waals surface area contributed by atoms with Crippen molar-refractivity contribution in [3.63, 3.8) is 0 Å². The highest BCUT2D eigenvalue weighted by Gasteiger charge is 2.49. The summed E-state index contributed by atoms with van der Waals surface area (Å²) in [4.78, 5) is 0. The molecule has 0 saturated heterocycles. The molecule has 0 aliphatic heterocycles. The van der Waals surface area contributed by atoms with E-state index >= 15 is 0 Å². The van der Waals surface area contributed by atoms with Crippen LogP contribution < -0.4 is 0 Å². The molecule has 0 aromatic rings. The molecule has 1 atom stereocenters. The minimum atomic E-state index is 0.0191. The normalized spacial score (nSPS) is 29.6. The fourth-order valence-electron chi connectivity index (χ4n) is 3.15. The van der Waals surface area contributed by atoms with Gasteiger partial charge in [-0.25, -0.2) is 0 Å². The van der Waals surface area contributed by atoms with Crippen molar-refractivity contribution in [3.8, 4) is 0 Å². The van der Waals surface area contributed by atoms with Gasteiger partial charge in [0.2, 0.25) is 0 Å². The van der Waals surface area contributed by atoms with Gasteiger partial charge in [-0.3, -0.25) is 0 Å². The quantitative estimate of drug-likeness (QED) is 0.685. The number of hydrogen-bond acceptors (Lipinski definition) is 1. The molecule has 2 aliphatic carbocycles. The molecule has 1 unspecified atom stereocenters. The summed E-state index contributed by atoms with van der Waals surface area (Å²) in [6.07, 6.45) is 11.8. The zero-order valence-electron chi connectivity index (χ0n) is 9.47. The lowest BCUT2D eigenvalue weighted by molar-refractivity contribution is 0.0281. The van der Waals surface area contributed by atoms with E-state index in [1.165, 1.54) is 57.8 Å². The van der Waals surface area contributed by atoms with Gasteiger partial charge in [-0.1, -0.05) is 32.6 Å². The topological polar surface area (TPSA) is 20.2 Å². The molecule has 14 heavy (non-hydrogen) atoms. The van der Waals surface area contributed by atoms with Crippen LogP contribution in [-0.4, -0.2) is 11.2 Å². The molecule has 0 aromatic carbocycles. The molecule has 0 bridgehead atoms. The monoisotopic (exact) mass is 196 g/mol.